The minimum atomic E-state index is 0.559. The molecule has 3 fully saturated rings. The lowest BCUT2D eigenvalue weighted by atomic mass is 9.75. The van der Waals surface area contributed by atoms with Crippen LogP contribution in [0.4, 0.5) is 0 Å². The molecule has 2 saturated carbocycles. The first-order chi connectivity index (χ1) is 7.83. The van der Waals surface area contributed by atoms with Crippen LogP contribution in [0.15, 0.2) is 4.99 Å². The largest absolute Gasteiger partial charge is 0.370 e. The second kappa shape index (κ2) is 4.27. The smallest absolute Gasteiger partial charge is 0.191 e. The molecule has 1 heterocycles. The van der Waals surface area contributed by atoms with Gasteiger partial charge in [0.2, 0.25) is 0 Å². The Morgan fingerprint density at radius 1 is 1.00 bits per heavy atom. The van der Waals surface area contributed by atoms with Crippen molar-refractivity contribution in [2.24, 2.45) is 22.6 Å². The zero-order chi connectivity index (χ0) is 11.0. The topological polar surface area (TPSA) is 41.6 Å². The first kappa shape index (κ1) is 10.4. The van der Waals surface area contributed by atoms with Gasteiger partial charge in [-0.1, -0.05) is 19.3 Å². The van der Waals surface area contributed by atoms with Gasteiger partial charge in [0.15, 0.2) is 5.96 Å². The van der Waals surface area contributed by atoms with Crippen molar-refractivity contribution in [3.05, 3.63) is 0 Å². The van der Waals surface area contributed by atoms with Crippen molar-refractivity contribution in [1.82, 2.24) is 4.90 Å². The van der Waals surface area contributed by atoms with Gasteiger partial charge in [-0.3, -0.25) is 0 Å². The molecule has 2 unspecified atom stereocenters. The summed E-state index contributed by atoms with van der Waals surface area (Å²) in [4.78, 5) is 6.91. The number of nitrogens with two attached hydrogens (primary N) is 1. The average molecular weight is 221 g/mol. The predicted octanol–water partition coefficient (Wildman–Crippen LogP) is 1.98. The van der Waals surface area contributed by atoms with E-state index in [4.69, 9.17) is 5.73 Å². The monoisotopic (exact) mass is 221 g/mol. The number of aliphatic imine (C=N–C) groups is 1. The van der Waals surface area contributed by atoms with E-state index in [0.717, 1.165) is 24.3 Å². The molecule has 0 bridgehead atoms. The van der Waals surface area contributed by atoms with Gasteiger partial charge in [-0.05, 0) is 37.5 Å². The second-order valence-electron chi connectivity index (χ2n) is 5.76. The average Bonchev–Trinajstić information content (AvgIpc) is 3.12. The Balaban J connectivity index is 1.61. The summed E-state index contributed by atoms with van der Waals surface area (Å²) in [5.41, 5.74) is 6.09. The van der Waals surface area contributed by atoms with Crippen LogP contribution < -0.4 is 5.73 Å². The summed E-state index contributed by atoms with van der Waals surface area (Å²) in [6.07, 6.45) is 9.59. The van der Waals surface area contributed by atoms with E-state index in [1.807, 2.05) is 0 Å². The molecular weight excluding hydrogens is 198 g/mol. The lowest BCUT2D eigenvalue weighted by Gasteiger charge is -2.41. The van der Waals surface area contributed by atoms with E-state index < -0.39 is 0 Å². The molecule has 1 saturated heterocycles. The maximum absolute atomic E-state index is 6.09. The zero-order valence-electron chi connectivity index (χ0n) is 10.1. The van der Waals surface area contributed by atoms with E-state index in [1.165, 1.54) is 51.5 Å². The molecular formula is C13H23N3. The molecule has 2 aliphatic carbocycles. The van der Waals surface area contributed by atoms with E-state index in [2.05, 4.69) is 9.89 Å². The van der Waals surface area contributed by atoms with Crippen LogP contribution >= 0.6 is 0 Å². The highest BCUT2D eigenvalue weighted by atomic mass is 15.3. The normalized spacial score (nSPS) is 36.0. The third-order valence-corrected chi connectivity index (χ3v) is 4.48. The van der Waals surface area contributed by atoms with Crippen LogP contribution in [-0.2, 0) is 0 Å². The molecule has 3 rings (SSSR count). The number of nitrogens with zero attached hydrogens (tertiary/aromatic N) is 2. The predicted molar refractivity (Wildman–Crippen MR) is 66.3 cm³/mol. The molecule has 16 heavy (non-hydrogen) atoms. The molecule has 0 spiro atoms. The van der Waals surface area contributed by atoms with Crippen molar-refractivity contribution in [1.29, 1.82) is 0 Å². The summed E-state index contributed by atoms with van der Waals surface area (Å²) >= 11 is 0. The van der Waals surface area contributed by atoms with Crippen molar-refractivity contribution < 1.29 is 0 Å². The van der Waals surface area contributed by atoms with Crippen LogP contribution in [0.5, 0.6) is 0 Å². The fourth-order valence-corrected chi connectivity index (χ4v) is 3.28. The van der Waals surface area contributed by atoms with E-state index in [0.29, 0.717) is 6.04 Å². The molecule has 0 amide bonds. The number of piperidine rings is 1. The Morgan fingerprint density at radius 3 is 2.50 bits per heavy atom. The first-order valence-corrected chi connectivity index (χ1v) is 6.91. The molecule has 2 N–H and O–H groups in total. The van der Waals surface area contributed by atoms with E-state index in [9.17, 15) is 0 Å². The SMILES string of the molecule is NC(=NC1CC1)N1CCC2CCCCC2C1. The molecule has 0 aromatic carbocycles. The number of rotatable bonds is 1. The van der Waals surface area contributed by atoms with Gasteiger partial charge in [-0.25, -0.2) is 4.99 Å². The van der Waals surface area contributed by atoms with Gasteiger partial charge in [-0.2, -0.15) is 0 Å². The fraction of sp³-hybridized carbons (Fsp3) is 0.923. The van der Waals surface area contributed by atoms with Crippen molar-refractivity contribution in [3.8, 4) is 0 Å². The van der Waals surface area contributed by atoms with Crippen molar-refractivity contribution >= 4 is 5.96 Å². The number of guanidine groups is 1. The van der Waals surface area contributed by atoms with Crippen molar-refractivity contribution in [2.75, 3.05) is 13.1 Å². The lowest BCUT2D eigenvalue weighted by molar-refractivity contribution is 0.129. The molecule has 3 nitrogen and oxygen atoms in total. The highest BCUT2D eigenvalue weighted by molar-refractivity contribution is 5.78. The van der Waals surface area contributed by atoms with E-state index >= 15 is 0 Å². The number of fused-ring (bicyclic) bond motifs is 1. The Labute approximate surface area is 98.1 Å². The first-order valence-electron chi connectivity index (χ1n) is 6.91. The molecule has 0 aromatic heterocycles. The van der Waals surface area contributed by atoms with Gasteiger partial charge in [0.1, 0.15) is 0 Å². The van der Waals surface area contributed by atoms with Gasteiger partial charge < -0.3 is 10.6 Å². The van der Waals surface area contributed by atoms with Crippen LogP contribution in [0.3, 0.4) is 0 Å². The van der Waals surface area contributed by atoms with Crippen LogP contribution in [0.2, 0.25) is 0 Å². The molecule has 3 heteroatoms. The highest BCUT2D eigenvalue weighted by Crippen LogP contribution is 2.36. The standard InChI is InChI=1S/C13H23N3/c14-13(15-12-5-6-12)16-8-7-10-3-1-2-4-11(10)9-16/h10-12H,1-9H2,(H2,14,15). The number of hydrogen-bond donors (Lipinski definition) is 1. The van der Waals surface area contributed by atoms with Gasteiger partial charge >= 0.3 is 0 Å². The summed E-state index contributed by atoms with van der Waals surface area (Å²) in [5, 5.41) is 0. The summed E-state index contributed by atoms with van der Waals surface area (Å²) in [5.74, 6) is 2.71. The molecule has 0 aromatic rings. The number of likely N-dealkylation sites (tertiary alicyclic amines) is 1. The maximum atomic E-state index is 6.09. The summed E-state index contributed by atoms with van der Waals surface area (Å²) < 4.78 is 0. The van der Waals surface area contributed by atoms with E-state index in [1.54, 1.807) is 0 Å². The maximum Gasteiger partial charge on any atom is 0.191 e. The van der Waals surface area contributed by atoms with E-state index in [-0.39, 0.29) is 0 Å². The van der Waals surface area contributed by atoms with Crippen LogP contribution in [0.25, 0.3) is 0 Å². The summed E-state index contributed by atoms with van der Waals surface area (Å²) in [6.45, 7) is 2.32. The Bertz CT molecular complexity index is 283. The van der Waals surface area contributed by atoms with Gasteiger partial charge in [-0.15, -0.1) is 0 Å². The van der Waals surface area contributed by atoms with Crippen molar-refractivity contribution in [2.45, 2.75) is 51.0 Å². The molecule has 3 aliphatic rings. The third-order valence-electron chi connectivity index (χ3n) is 4.48. The minimum absolute atomic E-state index is 0.559. The van der Waals surface area contributed by atoms with Gasteiger partial charge in [0, 0.05) is 13.1 Å². The quantitative estimate of drug-likeness (QED) is 0.543. The summed E-state index contributed by atoms with van der Waals surface area (Å²) in [6, 6.07) is 0.559. The molecule has 0 radical (unpaired) electrons. The number of hydrogen-bond acceptors (Lipinski definition) is 1. The Kier molecular flexibility index (Phi) is 2.78. The zero-order valence-corrected chi connectivity index (χ0v) is 10.1. The highest BCUT2D eigenvalue weighted by Gasteiger charge is 2.32. The second-order valence-corrected chi connectivity index (χ2v) is 5.76. The Hall–Kier alpha value is -0.730. The van der Waals surface area contributed by atoms with Crippen LogP contribution in [0.1, 0.15) is 44.9 Å². The third kappa shape index (κ3) is 2.18. The van der Waals surface area contributed by atoms with Crippen molar-refractivity contribution in [3.63, 3.8) is 0 Å². The van der Waals surface area contributed by atoms with Gasteiger partial charge in [0.05, 0.1) is 6.04 Å². The van der Waals surface area contributed by atoms with Crippen LogP contribution in [-0.4, -0.2) is 30.0 Å². The Morgan fingerprint density at radius 2 is 1.75 bits per heavy atom. The van der Waals surface area contributed by atoms with Crippen LogP contribution in [0, 0.1) is 11.8 Å². The lowest BCUT2D eigenvalue weighted by Crippen LogP contribution is -2.47. The molecule has 2 atom stereocenters. The minimum Gasteiger partial charge on any atom is -0.370 e. The summed E-state index contributed by atoms with van der Waals surface area (Å²) in [7, 11) is 0. The molecule has 90 valence electrons. The molecule has 1 aliphatic heterocycles. The van der Waals surface area contributed by atoms with Gasteiger partial charge in [0.25, 0.3) is 0 Å². The fourth-order valence-electron chi connectivity index (χ4n) is 3.28.